The fourth-order valence-corrected chi connectivity index (χ4v) is 5.20. The molecule has 1 aromatic heterocycles. The van der Waals surface area contributed by atoms with Crippen LogP contribution in [-0.2, 0) is 11.8 Å². The Balaban J connectivity index is 1.63. The molecule has 8 heteroatoms. The molecule has 1 saturated heterocycles. The van der Waals surface area contributed by atoms with Crippen molar-refractivity contribution in [2.75, 3.05) is 9.80 Å². The largest absolute Gasteiger partial charge is 0.303 e. The topological polar surface area (TPSA) is 65.2 Å². The molecule has 1 saturated carbocycles. The van der Waals surface area contributed by atoms with Crippen molar-refractivity contribution in [3.63, 3.8) is 0 Å². The number of aryl methyl sites for hydroxylation is 2. The maximum Gasteiger partial charge on any atom is 0.259 e. The van der Waals surface area contributed by atoms with Crippen molar-refractivity contribution in [2.24, 2.45) is 7.05 Å². The van der Waals surface area contributed by atoms with Crippen molar-refractivity contribution in [3.8, 4) is 6.07 Å². The smallest absolute Gasteiger partial charge is 0.259 e. The Morgan fingerprint density at radius 1 is 1.20 bits per heavy atom. The molecule has 0 atom stereocenters. The lowest BCUT2D eigenvalue weighted by atomic mass is 9.75. The summed E-state index contributed by atoms with van der Waals surface area (Å²) in [5.41, 5.74) is 3.14. The summed E-state index contributed by atoms with van der Waals surface area (Å²) in [6, 6.07) is 13.1. The number of benzene rings is 2. The van der Waals surface area contributed by atoms with E-state index in [1.54, 1.807) is 23.1 Å². The van der Waals surface area contributed by atoms with Gasteiger partial charge in [-0.05, 0) is 74.8 Å². The highest BCUT2D eigenvalue weighted by molar-refractivity contribution is 7.81. The minimum atomic E-state index is -0.665. The van der Waals surface area contributed by atoms with Crippen LogP contribution in [-0.4, -0.2) is 26.3 Å². The van der Waals surface area contributed by atoms with Gasteiger partial charge < -0.3 is 4.90 Å². The molecule has 3 aromatic rings. The number of nitrogens with zero attached hydrogens (tertiary/aromatic N) is 5. The van der Waals surface area contributed by atoms with Crippen molar-refractivity contribution in [1.82, 2.24) is 9.78 Å². The van der Waals surface area contributed by atoms with Gasteiger partial charge in [0, 0.05) is 18.1 Å². The van der Waals surface area contributed by atoms with E-state index in [9.17, 15) is 4.79 Å². The lowest BCUT2D eigenvalue weighted by Gasteiger charge is -2.43. The number of hydrogen-bond donors (Lipinski definition) is 0. The van der Waals surface area contributed by atoms with E-state index in [1.165, 1.54) is 0 Å². The summed E-state index contributed by atoms with van der Waals surface area (Å²) in [6.07, 6.45) is 2.47. The first-order valence-electron chi connectivity index (χ1n) is 9.69. The monoisotopic (exact) mass is 435 g/mol. The third kappa shape index (κ3) is 2.44. The summed E-state index contributed by atoms with van der Waals surface area (Å²) in [6.45, 7) is 1.98. The summed E-state index contributed by atoms with van der Waals surface area (Å²) < 4.78 is 1.85. The number of halogens is 1. The number of hydrogen-bond acceptors (Lipinski definition) is 4. The maximum atomic E-state index is 13.6. The Morgan fingerprint density at radius 2 is 1.93 bits per heavy atom. The SMILES string of the molecule is Cc1nn(C)c2ccc(N3C(=S)N(c4ccc(C#N)c(Cl)c4)C(=O)C34CCC4)cc12. The van der Waals surface area contributed by atoms with E-state index in [4.69, 9.17) is 29.1 Å². The van der Waals surface area contributed by atoms with E-state index in [0.717, 1.165) is 41.5 Å². The highest BCUT2D eigenvalue weighted by Gasteiger charge is 2.59. The minimum absolute atomic E-state index is 0.0393. The van der Waals surface area contributed by atoms with Crippen LogP contribution >= 0.6 is 23.8 Å². The Labute approximate surface area is 184 Å². The lowest BCUT2D eigenvalue weighted by molar-refractivity contribution is -0.123. The number of carbonyl (C=O) groups is 1. The van der Waals surface area contributed by atoms with Crippen molar-refractivity contribution in [2.45, 2.75) is 31.7 Å². The van der Waals surface area contributed by atoms with E-state index >= 15 is 0 Å². The lowest BCUT2D eigenvalue weighted by Crippen LogP contribution is -2.55. The first-order valence-corrected chi connectivity index (χ1v) is 10.5. The molecule has 1 amide bonds. The number of fused-ring (bicyclic) bond motifs is 1. The Hall–Kier alpha value is -2.95. The van der Waals surface area contributed by atoms with E-state index in [2.05, 4.69) is 11.2 Å². The van der Waals surface area contributed by atoms with Gasteiger partial charge in [-0.25, -0.2) is 0 Å². The quantitative estimate of drug-likeness (QED) is 0.556. The second-order valence-corrected chi connectivity index (χ2v) is 8.60. The van der Waals surface area contributed by atoms with Gasteiger partial charge in [-0.15, -0.1) is 0 Å². The molecule has 2 heterocycles. The molecule has 1 aliphatic heterocycles. The van der Waals surface area contributed by atoms with Crippen LogP contribution in [0.1, 0.15) is 30.5 Å². The molecule has 150 valence electrons. The number of amides is 1. The molecular formula is C22H18ClN5OS. The fraction of sp³-hybridized carbons (Fsp3) is 0.273. The van der Waals surface area contributed by atoms with Crippen molar-refractivity contribution < 1.29 is 4.79 Å². The molecule has 1 aliphatic carbocycles. The average molecular weight is 436 g/mol. The second kappa shape index (κ2) is 6.53. The molecule has 5 rings (SSSR count). The molecule has 2 fully saturated rings. The van der Waals surface area contributed by atoms with Crippen LogP contribution in [0.25, 0.3) is 10.9 Å². The third-order valence-electron chi connectivity index (χ3n) is 6.20. The van der Waals surface area contributed by atoms with E-state index < -0.39 is 5.54 Å². The van der Waals surface area contributed by atoms with Crippen molar-refractivity contribution in [3.05, 3.63) is 52.7 Å². The molecule has 0 radical (unpaired) electrons. The minimum Gasteiger partial charge on any atom is -0.303 e. The Kier molecular flexibility index (Phi) is 4.14. The van der Waals surface area contributed by atoms with Crippen molar-refractivity contribution >= 4 is 57.1 Å². The summed E-state index contributed by atoms with van der Waals surface area (Å²) in [7, 11) is 1.92. The van der Waals surface area contributed by atoms with Gasteiger partial charge in [-0.2, -0.15) is 10.4 Å². The van der Waals surface area contributed by atoms with Crippen LogP contribution < -0.4 is 9.80 Å². The highest BCUT2D eigenvalue weighted by atomic mass is 35.5. The predicted octanol–water partition coefficient (Wildman–Crippen LogP) is 4.47. The average Bonchev–Trinajstić information content (AvgIpc) is 3.11. The molecule has 30 heavy (non-hydrogen) atoms. The van der Waals surface area contributed by atoms with E-state index in [1.807, 2.05) is 41.8 Å². The van der Waals surface area contributed by atoms with Gasteiger partial charge in [-0.3, -0.25) is 14.4 Å². The molecule has 2 aromatic carbocycles. The van der Waals surface area contributed by atoms with Gasteiger partial charge >= 0.3 is 0 Å². The Morgan fingerprint density at radius 3 is 2.57 bits per heavy atom. The zero-order valence-corrected chi connectivity index (χ0v) is 18.1. The van der Waals surface area contributed by atoms with Crippen molar-refractivity contribution in [1.29, 1.82) is 5.26 Å². The number of rotatable bonds is 2. The van der Waals surface area contributed by atoms with Gasteiger partial charge in [0.1, 0.15) is 11.6 Å². The van der Waals surface area contributed by atoms with Crippen LogP contribution in [0.2, 0.25) is 5.02 Å². The summed E-state index contributed by atoms with van der Waals surface area (Å²) in [5.74, 6) is -0.0393. The predicted molar refractivity (Wildman–Crippen MR) is 121 cm³/mol. The van der Waals surface area contributed by atoms with E-state index in [0.29, 0.717) is 21.4 Å². The molecule has 0 bridgehead atoms. The third-order valence-corrected chi connectivity index (χ3v) is 6.88. The highest BCUT2D eigenvalue weighted by Crippen LogP contribution is 2.48. The second-order valence-electron chi connectivity index (χ2n) is 7.83. The van der Waals surface area contributed by atoms with Gasteiger partial charge in [0.05, 0.1) is 27.5 Å². The van der Waals surface area contributed by atoms with Crippen LogP contribution in [0.15, 0.2) is 36.4 Å². The van der Waals surface area contributed by atoms with Crippen LogP contribution in [0.4, 0.5) is 11.4 Å². The summed E-state index contributed by atoms with van der Waals surface area (Å²) >= 11 is 12.1. The molecule has 2 aliphatic rings. The first kappa shape index (κ1) is 19.0. The molecule has 6 nitrogen and oxygen atoms in total. The number of anilines is 2. The van der Waals surface area contributed by atoms with Gasteiger partial charge in [-0.1, -0.05) is 11.6 Å². The molecule has 0 N–H and O–H groups in total. The number of nitriles is 1. The van der Waals surface area contributed by atoms with Crippen LogP contribution in [0.3, 0.4) is 0 Å². The fourth-order valence-electron chi connectivity index (χ4n) is 4.51. The molecule has 0 unspecified atom stereocenters. The van der Waals surface area contributed by atoms with Crippen LogP contribution in [0, 0.1) is 18.3 Å². The zero-order valence-electron chi connectivity index (χ0n) is 16.5. The maximum absolute atomic E-state index is 13.6. The molecule has 1 spiro atoms. The number of thiocarbonyl (C=S) groups is 1. The Bertz CT molecular complexity index is 1290. The normalized spacial score (nSPS) is 17.7. The standard InChI is InChI=1S/C22H18ClN5OS/c1-13-17-10-16(6-7-19(17)26(2)25-13)28-21(30)27(20(29)22(28)8-3-9-22)15-5-4-14(12-24)18(23)11-15/h4-7,10-11H,3,8-9H2,1-2H3. The van der Waals surface area contributed by atoms with Gasteiger partial charge in [0.15, 0.2) is 5.11 Å². The number of aromatic nitrogens is 2. The zero-order chi connectivity index (χ0) is 21.2. The molecular weight excluding hydrogens is 418 g/mol. The summed E-state index contributed by atoms with van der Waals surface area (Å²) in [5, 5.41) is 15.4. The van der Waals surface area contributed by atoms with Gasteiger partial charge in [0.25, 0.3) is 5.91 Å². The van der Waals surface area contributed by atoms with Crippen LogP contribution in [0.5, 0.6) is 0 Å². The van der Waals surface area contributed by atoms with Gasteiger partial charge in [0.2, 0.25) is 0 Å². The number of carbonyl (C=O) groups excluding carboxylic acids is 1. The summed E-state index contributed by atoms with van der Waals surface area (Å²) in [4.78, 5) is 17.1. The first-order chi connectivity index (χ1) is 14.4. The van der Waals surface area contributed by atoms with E-state index in [-0.39, 0.29) is 5.91 Å².